The largest absolute Gasteiger partial charge is 0.507 e. The summed E-state index contributed by atoms with van der Waals surface area (Å²) in [5.74, 6) is 0.405. The fourth-order valence-corrected chi connectivity index (χ4v) is 3.96. The minimum atomic E-state index is -0.456. The van der Waals surface area contributed by atoms with Gasteiger partial charge in [-0.15, -0.1) is 0 Å². The summed E-state index contributed by atoms with van der Waals surface area (Å²) >= 11 is 0. The maximum Gasteiger partial charge on any atom is 0.335 e. The Morgan fingerprint density at radius 2 is 1.53 bits per heavy atom. The quantitative estimate of drug-likeness (QED) is 0.263. The minimum absolute atomic E-state index is 0.113. The molecule has 3 nitrogen and oxygen atoms in total. The number of carbonyl (C=O) groups is 1. The van der Waals surface area contributed by atoms with Crippen LogP contribution in [0.5, 0.6) is 11.5 Å². The lowest BCUT2D eigenvalue weighted by atomic mass is 9.86. The molecule has 0 spiro atoms. The van der Waals surface area contributed by atoms with E-state index < -0.39 is 5.97 Å². The zero-order valence-corrected chi connectivity index (χ0v) is 19.2. The van der Waals surface area contributed by atoms with Crippen LogP contribution in [0.2, 0.25) is 0 Å². The third-order valence-corrected chi connectivity index (χ3v) is 5.60. The van der Waals surface area contributed by atoms with Crippen LogP contribution >= 0.6 is 0 Å². The van der Waals surface area contributed by atoms with Crippen molar-refractivity contribution < 1.29 is 14.6 Å². The normalized spacial score (nSPS) is 11.9. The molecule has 0 radical (unpaired) electrons. The summed E-state index contributed by atoms with van der Waals surface area (Å²) in [5.41, 5.74) is 6.08. The number of carbonyl (C=O) groups excluding carboxylic acids is 1. The Morgan fingerprint density at radius 1 is 1.00 bits per heavy atom. The molecule has 1 atom stereocenters. The van der Waals surface area contributed by atoms with Crippen molar-refractivity contribution in [2.45, 2.75) is 79.1 Å². The summed E-state index contributed by atoms with van der Waals surface area (Å²) < 4.78 is 5.75. The number of hydrogen-bond donors (Lipinski definition) is 1. The second-order valence-corrected chi connectivity index (χ2v) is 8.26. The standard InChI is InChI=1S/C27H36O3/c1-7-10-12-21-14-18(4)16-23(26(21)29)20(6)24-17-19(5)15-22(13-11-8-2)27(24)30-25(28)9-3/h9,14-17,20,29H,3,7-8,10-13H2,1-2,4-6H3. The molecule has 0 aliphatic rings. The maximum atomic E-state index is 12.1. The summed E-state index contributed by atoms with van der Waals surface area (Å²) in [4.78, 5) is 12.1. The van der Waals surface area contributed by atoms with E-state index in [1.807, 2.05) is 6.07 Å². The lowest BCUT2D eigenvalue weighted by Gasteiger charge is -2.22. The molecule has 1 N–H and O–H groups in total. The monoisotopic (exact) mass is 408 g/mol. The van der Waals surface area contributed by atoms with E-state index in [2.05, 4.69) is 59.4 Å². The second-order valence-electron chi connectivity index (χ2n) is 8.26. The summed E-state index contributed by atoms with van der Waals surface area (Å²) in [6.45, 7) is 14.1. The third kappa shape index (κ3) is 5.75. The molecule has 2 aromatic rings. The van der Waals surface area contributed by atoms with Gasteiger partial charge in [0, 0.05) is 23.1 Å². The van der Waals surface area contributed by atoms with Crippen LogP contribution in [0.15, 0.2) is 36.9 Å². The van der Waals surface area contributed by atoms with E-state index in [4.69, 9.17) is 4.74 Å². The maximum absolute atomic E-state index is 12.1. The van der Waals surface area contributed by atoms with Crippen LogP contribution in [-0.4, -0.2) is 11.1 Å². The van der Waals surface area contributed by atoms with Crippen LogP contribution < -0.4 is 4.74 Å². The van der Waals surface area contributed by atoms with Crippen LogP contribution in [0.25, 0.3) is 0 Å². The molecule has 0 fully saturated rings. The van der Waals surface area contributed by atoms with Crippen LogP contribution in [0.1, 0.15) is 85.8 Å². The second kappa shape index (κ2) is 11.0. The first-order valence-electron chi connectivity index (χ1n) is 11.1. The Hall–Kier alpha value is -2.55. The van der Waals surface area contributed by atoms with Gasteiger partial charge in [-0.3, -0.25) is 0 Å². The molecule has 0 saturated heterocycles. The summed E-state index contributed by atoms with van der Waals surface area (Å²) in [6.07, 6.45) is 7.11. The van der Waals surface area contributed by atoms with E-state index in [0.29, 0.717) is 11.5 Å². The molecule has 1 unspecified atom stereocenters. The Bertz CT molecular complexity index is 895. The molecule has 0 saturated carbocycles. The van der Waals surface area contributed by atoms with Crippen LogP contribution in [-0.2, 0) is 17.6 Å². The summed E-state index contributed by atoms with van der Waals surface area (Å²) in [7, 11) is 0. The Balaban J connectivity index is 2.61. The molecule has 0 aromatic heterocycles. The molecule has 0 heterocycles. The number of esters is 1. The van der Waals surface area contributed by atoms with E-state index in [1.54, 1.807) is 0 Å². The molecule has 3 heteroatoms. The van der Waals surface area contributed by atoms with Gasteiger partial charge in [-0.25, -0.2) is 4.79 Å². The predicted octanol–water partition coefficient (Wildman–Crippen LogP) is 6.94. The zero-order valence-electron chi connectivity index (χ0n) is 19.2. The highest BCUT2D eigenvalue weighted by atomic mass is 16.5. The number of ether oxygens (including phenoxy) is 1. The van der Waals surface area contributed by atoms with Gasteiger partial charge >= 0.3 is 5.97 Å². The fourth-order valence-electron chi connectivity index (χ4n) is 3.96. The summed E-state index contributed by atoms with van der Waals surface area (Å²) in [5, 5.41) is 11.0. The van der Waals surface area contributed by atoms with E-state index in [0.717, 1.165) is 71.9 Å². The van der Waals surface area contributed by atoms with Crippen molar-refractivity contribution in [1.29, 1.82) is 0 Å². The highest BCUT2D eigenvalue weighted by molar-refractivity contribution is 5.84. The molecule has 0 aliphatic heterocycles. The average Bonchev–Trinajstić information content (AvgIpc) is 2.73. The van der Waals surface area contributed by atoms with Crippen molar-refractivity contribution in [2.75, 3.05) is 0 Å². The van der Waals surface area contributed by atoms with Gasteiger partial charge in [0.25, 0.3) is 0 Å². The van der Waals surface area contributed by atoms with Crippen molar-refractivity contribution in [3.63, 3.8) is 0 Å². The first-order valence-corrected chi connectivity index (χ1v) is 11.1. The first kappa shape index (κ1) is 23.7. The Kier molecular flexibility index (Phi) is 8.71. The van der Waals surface area contributed by atoms with Crippen molar-refractivity contribution in [3.8, 4) is 11.5 Å². The highest BCUT2D eigenvalue weighted by Gasteiger charge is 2.23. The number of unbranched alkanes of at least 4 members (excludes halogenated alkanes) is 2. The summed E-state index contributed by atoms with van der Waals surface area (Å²) in [6, 6.07) is 8.28. The molecular formula is C27H36O3. The number of aromatic hydroxyl groups is 1. The topological polar surface area (TPSA) is 46.5 Å². The molecule has 30 heavy (non-hydrogen) atoms. The van der Waals surface area contributed by atoms with Gasteiger partial charge in [-0.1, -0.05) is 75.6 Å². The van der Waals surface area contributed by atoms with Crippen molar-refractivity contribution >= 4 is 5.97 Å². The van der Waals surface area contributed by atoms with E-state index in [1.165, 1.54) is 6.08 Å². The molecule has 2 aromatic carbocycles. The number of phenolic OH excluding ortho intramolecular Hbond substituents is 1. The number of hydrogen-bond acceptors (Lipinski definition) is 3. The van der Waals surface area contributed by atoms with Gasteiger partial charge in [0.15, 0.2) is 0 Å². The molecule has 162 valence electrons. The van der Waals surface area contributed by atoms with Crippen LogP contribution in [0, 0.1) is 13.8 Å². The number of rotatable bonds is 10. The number of benzene rings is 2. The SMILES string of the molecule is C=CC(=O)Oc1c(CCCC)cc(C)cc1C(C)c1cc(C)cc(CCCC)c1O. The van der Waals surface area contributed by atoms with Gasteiger partial charge in [0.2, 0.25) is 0 Å². The zero-order chi connectivity index (χ0) is 22.3. The van der Waals surface area contributed by atoms with Crippen molar-refractivity contribution in [3.05, 3.63) is 70.3 Å². The van der Waals surface area contributed by atoms with E-state index in [-0.39, 0.29) is 5.92 Å². The van der Waals surface area contributed by atoms with Gasteiger partial charge in [-0.05, 0) is 50.7 Å². The molecule has 0 aliphatic carbocycles. The Morgan fingerprint density at radius 3 is 2.10 bits per heavy atom. The molecule has 2 rings (SSSR count). The molecule has 0 amide bonds. The molecule has 0 bridgehead atoms. The third-order valence-electron chi connectivity index (χ3n) is 5.60. The van der Waals surface area contributed by atoms with E-state index >= 15 is 0 Å². The number of aryl methyl sites for hydroxylation is 4. The van der Waals surface area contributed by atoms with Gasteiger partial charge < -0.3 is 9.84 Å². The van der Waals surface area contributed by atoms with Crippen LogP contribution in [0.4, 0.5) is 0 Å². The fraction of sp³-hybridized carbons (Fsp3) is 0.444. The lowest BCUT2D eigenvalue weighted by molar-refractivity contribution is -0.129. The lowest BCUT2D eigenvalue weighted by Crippen LogP contribution is -2.11. The first-order chi connectivity index (χ1) is 14.3. The van der Waals surface area contributed by atoms with Crippen molar-refractivity contribution in [1.82, 2.24) is 0 Å². The highest BCUT2D eigenvalue weighted by Crippen LogP contribution is 2.41. The van der Waals surface area contributed by atoms with E-state index in [9.17, 15) is 9.90 Å². The van der Waals surface area contributed by atoms with Crippen LogP contribution in [0.3, 0.4) is 0 Å². The average molecular weight is 409 g/mol. The minimum Gasteiger partial charge on any atom is -0.507 e. The smallest absolute Gasteiger partial charge is 0.335 e. The number of phenols is 1. The van der Waals surface area contributed by atoms with Gasteiger partial charge in [0.05, 0.1) is 0 Å². The predicted molar refractivity (Wildman–Crippen MR) is 125 cm³/mol. The molecular weight excluding hydrogens is 372 g/mol. The van der Waals surface area contributed by atoms with Crippen molar-refractivity contribution in [2.24, 2.45) is 0 Å². The van der Waals surface area contributed by atoms with Gasteiger partial charge in [-0.2, -0.15) is 0 Å². The van der Waals surface area contributed by atoms with Gasteiger partial charge in [0.1, 0.15) is 11.5 Å². The Labute approximate surface area is 181 Å².